The molecule has 1 atom stereocenters. The summed E-state index contributed by atoms with van der Waals surface area (Å²) in [4.78, 5) is 0. The van der Waals surface area contributed by atoms with E-state index in [1.165, 1.54) is 0 Å². The van der Waals surface area contributed by atoms with Gasteiger partial charge in [0.15, 0.2) is 9.84 Å². The van der Waals surface area contributed by atoms with Gasteiger partial charge in [0.2, 0.25) is 0 Å². The second-order valence-electron chi connectivity index (χ2n) is 6.25. The van der Waals surface area contributed by atoms with Crippen molar-refractivity contribution < 1.29 is 8.42 Å². The van der Waals surface area contributed by atoms with Gasteiger partial charge in [0, 0.05) is 0 Å². The molecule has 0 saturated heterocycles. The predicted octanol–water partition coefficient (Wildman–Crippen LogP) is 4.18. The molecule has 0 aliphatic heterocycles. The monoisotopic (exact) mass is 302 g/mol. The Bertz CT molecular complexity index is 668. The second-order valence-corrected chi connectivity index (χ2v) is 9.13. The molecule has 0 aliphatic rings. The SMILES string of the molecule is CC(C)(C)S(=O)(=O)C(Cc1ccccc1)c1ccccc1. The molecule has 0 spiro atoms. The molecule has 0 N–H and O–H groups in total. The van der Waals surface area contributed by atoms with E-state index < -0.39 is 19.8 Å². The van der Waals surface area contributed by atoms with E-state index in [0.717, 1.165) is 11.1 Å². The standard InChI is InChI=1S/C18H22O2S/c1-18(2,3)21(19,20)17(16-12-8-5-9-13-16)14-15-10-6-4-7-11-15/h4-13,17H,14H2,1-3H3. The third kappa shape index (κ3) is 3.53. The number of rotatable bonds is 4. The van der Waals surface area contributed by atoms with Crippen molar-refractivity contribution in [2.75, 3.05) is 0 Å². The molecule has 0 aromatic heterocycles. The van der Waals surface area contributed by atoms with E-state index in [9.17, 15) is 8.42 Å². The van der Waals surface area contributed by atoms with Gasteiger partial charge < -0.3 is 0 Å². The third-order valence-corrected chi connectivity index (χ3v) is 6.56. The molecule has 21 heavy (non-hydrogen) atoms. The predicted molar refractivity (Wildman–Crippen MR) is 88.0 cm³/mol. The first-order chi connectivity index (χ1) is 9.82. The van der Waals surface area contributed by atoms with Gasteiger partial charge in [-0.15, -0.1) is 0 Å². The maximum absolute atomic E-state index is 13.0. The van der Waals surface area contributed by atoms with E-state index in [1.807, 2.05) is 60.7 Å². The van der Waals surface area contributed by atoms with Crippen molar-refractivity contribution in [1.82, 2.24) is 0 Å². The lowest BCUT2D eigenvalue weighted by molar-refractivity contribution is 0.544. The molecule has 0 saturated carbocycles. The van der Waals surface area contributed by atoms with Gasteiger partial charge in [-0.25, -0.2) is 8.42 Å². The Morgan fingerprint density at radius 2 is 1.33 bits per heavy atom. The largest absolute Gasteiger partial charge is 0.228 e. The molecule has 2 nitrogen and oxygen atoms in total. The van der Waals surface area contributed by atoms with Gasteiger partial charge in [-0.3, -0.25) is 0 Å². The van der Waals surface area contributed by atoms with Crippen molar-refractivity contribution >= 4 is 9.84 Å². The molecule has 2 rings (SSSR count). The molecular weight excluding hydrogens is 280 g/mol. The molecular formula is C18H22O2S. The Morgan fingerprint density at radius 1 is 0.857 bits per heavy atom. The number of sulfone groups is 1. The highest BCUT2D eigenvalue weighted by atomic mass is 32.2. The van der Waals surface area contributed by atoms with Crippen LogP contribution in [-0.4, -0.2) is 13.2 Å². The van der Waals surface area contributed by atoms with E-state index in [0.29, 0.717) is 6.42 Å². The highest BCUT2D eigenvalue weighted by Crippen LogP contribution is 2.34. The van der Waals surface area contributed by atoms with Gasteiger partial charge >= 0.3 is 0 Å². The Balaban J connectivity index is 2.46. The minimum Gasteiger partial charge on any atom is -0.228 e. The smallest absolute Gasteiger partial charge is 0.162 e. The summed E-state index contributed by atoms with van der Waals surface area (Å²) in [7, 11) is -3.29. The van der Waals surface area contributed by atoms with Crippen LogP contribution in [0, 0.1) is 0 Å². The average Bonchev–Trinajstić information content (AvgIpc) is 2.45. The molecule has 112 valence electrons. The Hall–Kier alpha value is -1.61. The van der Waals surface area contributed by atoms with Crippen LogP contribution in [-0.2, 0) is 16.3 Å². The van der Waals surface area contributed by atoms with Crippen LogP contribution in [0.3, 0.4) is 0 Å². The first-order valence-electron chi connectivity index (χ1n) is 7.15. The minimum absolute atomic E-state index is 0.504. The summed E-state index contributed by atoms with van der Waals surface area (Å²) in [6.07, 6.45) is 0.504. The van der Waals surface area contributed by atoms with Gasteiger partial charge in [-0.2, -0.15) is 0 Å². The fourth-order valence-electron chi connectivity index (χ4n) is 2.33. The zero-order valence-corrected chi connectivity index (χ0v) is 13.6. The van der Waals surface area contributed by atoms with Crippen LogP contribution >= 0.6 is 0 Å². The molecule has 0 bridgehead atoms. The summed E-state index contributed by atoms with van der Waals surface area (Å²) in [6, 6.07) is 19.3. The third-order valence-electron chi connectivity index (χ3n) is 3.66. The van der Waals surface area contributed by atoms with Crippen molar-refractivity contribution in [1.29, 1.82) is 0 Å². The zero-order chi connectivity index (χ0) is 15.5. The van der Waals surface area contributed by atoms with Crippen molar-refractivity contribution in [3.05, 3.63) is 71.8 Å². The van der Waals surface area contributed by atoms with Crippen LogP contribution in [0.5, 0.6) is 0 Å². The van der Waals surface area contributed by atoms with E-state index in [2.05, 4.69) is 0 Å². The quantitative estimate of drug-likeness (QED) is 0.849. The molecule has 0 amide bonds. The highest BCUT2D eigenvalue weighted by molar-refractivity contribution is 7.93. The van der Waals surface area contributed by atoms with Gasteiger partial charge in [-0.1, -0.05) is 60.7 Å². The normalized spacial score (nSPS) is 13.9. The van der Waals surface area contributed by atoms with Crippen molar-refractivity contribution in [2.24, 2.45) is 0 Å². The molecule has 0 aliphatic carbocycles. The van der Waals surface area contributed by atoms with Crippen molar-refractivity contribution in [3.8, 4) is 0 Å². The van der Waals surface area contributed by atoms with E-state index in [-0.39, 0.29) is 0 Å². The van der Waals surface area contributed by atoms with Crippen LogP contribution in [0.15, 0.2) is 60.7 Å². The Labute approximate surface area is 127 Å². The molecule has 3 heteroatoms. The zero-order valence-electron chi connectivity index (χ0n) is 12.8. The van der Waals surface area contributed by atoms with E-state index in [1.54, 1.807) is 20.8 Å². The first-order valence-corrected chi connectivity index (χ1v) is 8.69. The maximum atomic E-state index is 13.0. The van der Waals surface area contributed by atoms with E-state index >= 15 is 0 Å². The van der Waals surface area contributed by atoms with Crippen molar-refractivity contribution in [3.63, 3.8) is 0 Å². The molecule has 2 aromatic carbocycles. The lowest BCUT2D eigenvalue weighted by atomic mass is 10.0. The minimum atomic E-state index is -3.29. The van der Waals surface area contributed by atoms with E-state index in [4.69, 9.17) is 0 Å². The van der Waals surface area contributed by atoms with Crippen molar-refractivity contribution in [2.45, 2.75) is 37.2 Å². The summed E-state index contributed by atoms with van der Waals surface area (Å²) in [5.41, 5.74) is 1.90. The fraction of sp³-hybridized carbons (Fsp3) is 0.333. The number of benzene rings is 2. The van der Waals surface area contributed by atoms with Crippen LogP contribution in [0.25, 0.3) is 0 Å². The first kappa shape index (κ1) is 15.8. The summed E-state index contributed by atoms with van der Waals surface area (Å²) in [5.74, 6) is 0. The van der Waals surface area contributed by atoms with Gasteiger partial charge in [0.05, 0.1) is 10.00 Å². The topological polar surface area (TPSA) is 34.1 Å². The summed E-state index contributed by atoms with van der Waals surface area (Å²) >= 11 is 0. The van der Waals surface area contributed by atoms with Gasteiger partial charge in [0.1, 0.15) is 0 Å². The van der Waals surface area contributed by atoms with Crippen LogP contribution in [0.2, 0.25) is 0 Å². The lowest BCUT2D eigenvalue weighted by Crippen LogP contribution is -2.33. The molecule has 2 aromatic rings. The molecule has 0 radical (unpaired) electrons. The van der Waals surface area contributed by atoms with Crippen LogP contribution in [0.1, 0.15) is 37.1 Å². The Morgan fingerprint density at radius 3 is 1.81 bits per heavy atom. The summed E-state index contributed by atoms with van der Waals surface area (Å²) in [5, 5.41) is -0.513. The molecule has 0 heterocycles. The average molecular weight is 302 g/mol. The van der Waals surface area contributed by atoms with Gasteiger partial charge in [-0.05, 0) is 38.3 Å². The fourth-order valence-corrected chi connectivity index (χ4v) is 4.11. The Kier molecular flexibility index (Phi) is 4.52. The van der Waals surface area contributed by atoms with Crippen LogP contribution in [0.4, 0.5) is 0 Å². The maximum Gasteiger partial charge on any atom is 0.162 e. The van der Waals surface area contributed by atoms with Gasteiger partial charge in [0.25, 0.3) is 0 Å². The summed E-state index contributed by atoms with van der Waals surface area (Å²) in [6.45, 7) is 5.30. The number of hydrogen-bond donors (Lipinski definition) is 0. The highest BCUT2D eigenvalue weighted by Gasteiger charge is 2.37. The van der Waals surface area contributed by atoms with Crippen LogP contribution < -0.4 is 0 Å². The molecule has 0 fully saturated rings. The number of hydrogen-bond acceptors (Lipinski definition) is 2. The summed E-state index contributed by atoms with van der Waals surface area (Å²) < 4.78 is 25.1. The second kappa shape index (κ2) is 6.02. The molecule has 1 unspecified atom stereocenters. The lowest BCUT2D eigenvalue weighted by Gasteiger charge is -2.27.